The molecule has 0 saturated carbocycles. The summed E-state index contributed by atoms with van der Waals surface area (Å²) in [6, 6.07) is 7.94. The number of esters is 1. The molecule has 0 radical (unpaired) electrons. The third-order valence-electron chi connectivity index (χ3n) is 6.57. The van der Waals surface area contributed by atoms with Crippen LogP contribution >= 0.6 is 0 Å². The molecule has 2 heterocycles. The molecule has 0 aromatic heterocycles. The molecule has 2 fully saturated rings. The van der Waals surface area contributed by atoms with Gasteiger partial charge in [0.2, 0.25) is 5.91 Å². The van der Waals surface area contributed by atoms with E-state index in [4.69, 9.17) is 14.0 Å². The first-order valence-electron chi connectivity index (χ1n) is 10.4. The zero-order valence-electron chi connectivity index (χ0n) is 18.4. The maximum absolute atomic E-state index is 13.0. The quantitative estimate of drug-likeness (QED) is 0.573. The number of likely N-dealkylation sites (tertiary alicyclic amines) is 1. The molecule has 2 saturated heterocycles. The van der Waals surface area contributed by atoms with Gasteiger partial charge in [-0.2, -0.15) is 0 Å². The molecule has 1 aromatic rings. The second-order valence-corrected chi connectivity index (χ2v) is 9.20. The van der Waals surface area contributed by atoms with Crippen molar-refractivity contribution in [1.29, 1.82) is 0 Å². The molecule has 6 nitrogen and oxygen atoms in total. The van der Waals surface area contributed by atoms with Crippen molar-refractivity contribution in [3.05, 3.63) is 29.8 Å². The molecule has 0 unspecified atom stereocenters. The standard InChI is InChI=1S/C22H32BNO5/c1-15-10-11-17(20(26)27-6)14-24(15)19(25)13-16-8-7-9-18(12-16)23-28-21(2,3)22(4,5)29-23/h7-9,12,15,17H,10-11,13-14H2,1-6H3/t15-,17+/m0/s1. The first-order chi connectivity index (χ1) is 13.5. The number of benzene rings is 1. The van der Waals surface area contributed by atoms with E-state index in [1.54, 1.807) is 0 Å². The molecule has 1 amide bonds. The fourth-order valence-corrected chi connectivity index (χ4v) is 3.92. The highest BCUT2D eigenvalue weighted by molar-refractivity contribution is 6.62. The van der Waals surface area contributed by atoms with E-state index >= 15 is 0 Å². The molecule has 2 aliphatic rings. The molecule has 3 rings (SSSR count). The van der Waals surface area contributed by atoms with Gasteiger partial charge in [0.25, 0.3) is 0 Å². The predicted molar refractivity (Wildman–Crippen MR) is 112 cm³/mol. The predicted octanol–water partition coefficient (Wildman–Crippen LogP) is 2.33. The SMILES string of the molecule is COC(=O)[C@@H]1CC[C@H](C)N(C(=O)Cc2cccc(B3OC(C)(C)C(C)(C)O3)c2)C1. The number of nitrogens with zero attached hydrogens (tertiary/aromatic N) is 1. The van der Waals surface area contributed by atoms with Crippen molar-refractivity contribution >= 4 is 24.5 Å². The normalized spacial score (nSPS) is 25.7. The molecule has 0 spiro atoms. The van der Waals surface area contributed by atoms with E-state index in [1.165, 1.54) is 7.11 Å². The monoisotopic (exact) mass is 401 g/mol. The van der Waals surface area contributed by atoms with Crippen LogP contribution in [0.2, 0.25) is 0 Å². The Labute approximate surface area is 174 Å². The number of carbonyl (C=O) groups excluding carboxylic acids is 2. The van der Waals surface area contributed by atoms with Crippen molar-refractivity contribution in [3.63, 3.8) is 0 Å². The highest BCUT2D eigenvalue weighted by Gasteiger charge is 2.51. The molecule has 0 aliphatic carbocycles. The zero-order valence-corrected chi connectivity index (χ0v) is 18.4. The lowest BCUT2D eigenvalue weighted by Crippen LogP contribution is -2.48. The van der Waals surface area contributed by atoms with Crippen molar-refractivity contribution in [1.82, 2.24) is 4.90 Å². The van der Waals surface area contributed by atoms with Crippen molar-refractivity contribution in [2.75, 3.05) is 13.7 Å². The largest absolute Gasteiger partial charge is 0.494 e. The Hall–Kier alpha value is -1.86. The lowest BCUT2D eigenvalue weighted by molar-refractivity contribution is -0.150. The number of piperidine rings is 1. The number of rotatable bonds is 4. The molecule has 0 bridgehead atoms. The van der Waals surface area contributed by atoms with Gasteiger partial charge in [0.1, 0.15) is 0 Å². The number of amides is 1. The van der Waals surface area contributed by atoms with E-state index in [-0.39, 0.29) is 30.3 Å². The summed E-state index contributed by atoms with van der Waals surface area (Å²) in [7, 11) is 0.945. The van der Waals surface area contributed by atoms with E-state index in [0.717, 1.165) is 23.9 Å². The number of methoxy groups -OCH3 is 1. The maximum atomic E-state index is 13.0. The summed E-state index contributed by atoms with van der Waals surface area (Å²) in [5.41, 5.74) is 1.01. The highest BCUT2D eigenvalue weighted by atomic mass is 16.7. The molecule has 158 valence electrons. The topological polar surface area (TPSA) is 65.1 Å². The van der Waals surface area contributed by atoms with Crippen LogP contribution in [0, 0.1) is 5.92 Å². The summed E-state index contributed by atoms with van der Waals surface area (Å²) in [5.74, 6) is -0.453. The lowest BCUT2D eigenvalue weighted by Gasteiger charge is -2.37. The summed E-state index contributed by atoms with van der Waals surface area (Å²) in [6.07, 6.45) is 1.85. The van der Waals surface area contributed by atoms with Crippen molar-refractivity contribution in [2.45, 2.75) is 71.1 Å². The van der Waals surface area contributed by atoms with E-state index in [1.807, 2.05) is 63.8 Å². The Kier molecular flexibility index (Phi) is 6.11. The van der Waals surface area contributed by atoms with Gasteiger partial charge in [-0.05, 0) is 58.5 Å². The number of ether oxygens (including phenoxy) is 1. The van der Waals surface area contributed by atoms with Crippen LogP contribution in [-0.4, -0.2) is 54.8 Å². The minimum absolute atomic E-state index is 0.0252. The van der Waals surface area contributed by atoms with Crippen LogP contribution in [0.4, 0.5) is 0 Å². The van der Waals surface area contributed by atoms with Gasteiger partial charge >= 0.3 is 13.1 Å². The van der Waals surface area contributed by atoms with Gasteiger partial charge < -0.3 is 18.9 Å². The van der Waals surface area contributed by atoms with Crippen LogP contribution in [0.3, 0.4) is 0 Å². The van der Waals surface area contributed by atoms with Crippen molar-refractivity contribution in [3.8, 4) is 0 Å². The molecule has 2 atom stereocenters. The lowest BCUT2D eigenvalue weighted by atomic mass is 9.78. The molecular formula is C22H32BNO5. The van der Waals surface area contributed by atoms with Crippen LogP contribution in [-0.2, 0) is 30.1 Å². The fourth-order valence-electron chi connectivity index (χ4n) is 3.92. The summed E-state index contributed by atoms with van der Waals surface area (Å²) < 4.78 is 17.1. The van der Waals surface area contributed by atoms with Gasteiger partial charge in [-0.15, -0.1) is 0 Å². The molecule has 1 aromatic carbocycles. The molecule has 29 heavy (non-hydrogen) atoms. The molecule has 7 heteroatoms. The molecular weight excluding hydrogens is 369 g/mol. The van der Waals surface area contributed by atoms with E-state index in [9.17, 15) is 9.59 Å². The molecule has 0 N–H and O–H groups in total. The van der Waals surface area contributed by atoms with E-state index in [0.29, 0.717) is 6.54 Å². The average molecular weight is 401 g/mol. The van der Waals surface area contributed by atoms with Crippen LogP contribution in [0.5, 0.6) is 0 Å². The molecule has 2 aliphatic heterocycles. The Morgan fingerprint density at radius 1 is 1.17 bits per heavy atom. The minimum atomic E-state index is -0.451. The Morgan fingerprint density at radius 3 is 2.45 bits per heavy atom. The minimum Gasteiger partial charge on any atom is -0.469 e. The fraction of sp³-hybridized carbons (Fsp3) is 0.636. The van der Waals surface area contributed by atoms with Gasteiger partial charge in [-0.25, -0.2) is 0 Å². The van der Waals surface area contributed by atoms with Gasteiger partial charge in [0.15, 0.2) is 0 Å². The van der Waals surface area contributed by atoms with Gasteiger partial charge in [-0.1, -0.05) is 24.3 Å². The van der Waals surface area contributed by atoms with E-state index < -0.39 is 18.3 Å². The summed E-state index contributed by atoms with van der Waals surface area (Å²) >= 11 is 0. The average Bonchev–Trinajstić information content (AvgIpc) is 2.89. The van der Waals surface area contributed by atoms with Gasteiger partial charge in [-0.3, -0.25) is 9.59 Å². The van der Waals surface area contributed by atoms with Crippen LogP contribution < -0.4 is 5.46 Å². The summed E-state index contributed by atoms with van der Waals surface area (Å²) in [4.78, 5) is 26.7. The summed E-state index contributed by atoms with van der Waals surface area (Å²) in [6.45, 7) is 10.5. The first kappa shape index (κ1) is 21.8. The van der Waals surface area contributed by atoms with Crippen LogP contribution in [0.1, 0.15) is 53.0 Å². The summed E-state index contributed by atoms with van der Waals surface area (Å²) in [5, 5.41) is 0. The highest BCUT2D eigenvalue weighted by Crippen LogP contribution is 2.36. The third-order valence-corrected chi connectivity index (χ3v) is 6.57. The van der Waals surface area contributed by atoms with Crippen molar-refractivity contribution in [2.24, 2.45) is 5.92 Å². The zero-order chi connectivity index (χ0) is 21.4. The maximum Gasteiger partial charge on any atom is 0.494 e. The second-order valence-electron chi connectivity index (χ2n) is 9.20. The number of hydrogen-bond donors (Lipinski definition) is 0. The number of carbonyl (C=O) groups is 2. The Morgan fingerprint density at radius 2 is 1.83 bits per heavy atom. The van der Waals surface area contributed by atoms with Crippen molar-refractivity contribution < 1.29 is 23.6 Å². The smallest absolute Gasteiger partial charge is 0.469 e. The second kappa shape index (κ2) is 8.11. The Balaban J connectivity index is 1.70. The van der Waals surface area contributed by atoms with E-state index in [2.05, 4.69) is 0 Å². The van der Waals surface area contributed by atoms with Crippen LogP contribution in [0.25, 0.3) is 0 Å². The number of hydrogen-bond acceptors (Lipinski definition) is 5. The first-order valence-corrected chi connectivity index (χ1v) is 10.4. The van der Waals surface area contributed by atoms with Crippen LogP contribution in [0.15, 0.2) is 24.3 Å². The van der Waals surface area contributed by atoms with Gasteiger partial charge in [0.05, 0.1) is 30.7 Å². The van der Waals surface area contributed by atoms with Gasteiger partial charge in [0, 0.05) is 12.6 Å². The third kappa shape index (κ3) is 4.51. The Bertz CT molecular complexity index is 762.